The zero-order valence-electron chi connectivity index (χ0n) is 14.7. The first kappa shape index (κ1) is 17.2. The maximum Gasteiger partial charge on any atom is 0.254 e. The molecule has 1 aromatic carbocycles. The Hall–Kier alpha value is -2.27. The van der Waals surface area contributed by atoms with Gasteiger partial charge in [-0.25, -0.2) is 0 Å². The van der Waals surface area contributed by atoms with Gasteiger partial charge >= 0.3 is 0 Å². The molecule has 0 bridgehead atoms. The molecule has 0 N–H and O–H groups in total. The molecular weight excluding hydrogens is 352 g/mol. The molecule has 4 rings (SSSR count). The first-order chi connectivity index (χ1) is 12.5. The largest absolute Gasteiger partial charge is 0.486 e. The quantitative estimate of drug-likeness (QED) is 0.810. The lowest BCUT2D eigenvalue weighted by atomic mass is 10.1. The van der Waals surface area contributed by atoms with Crippen molar-refractivity contribution in [1.29, 1.82) is 0 Å². The zero-order chi connectivity index (χ0) is 18.3. The Balaban J connectivity index is 1.33. The summed E-state index contributed by atoms with van der Waals surface area (Å²) in [6.07, 6.45) is 2.38. The number of carbonyl (C=O) groups excluding carboxylic acids is 1. The van der Waals surface area contributed by atoms with Crippen molar-refractivity contribution in [3.05, 3.63) is 63.0 Å². The first-order valence-electron chi connectivity index (χ1n) is 8.92. The van der Waals surface area contributed by atoms with Crippen molar-refractivity contribution in [2.75, 3.05) is 13.1 Å². The molecule has 1 amide bonds. The molecule has 1 aliphatic heterocycles. The van der Waals surface area contributed by atoms with Gasteiger partial charge in [-0.3, -0.25) is 9.59 Å². The Labute approximate surface area is 157 Å². The number of aromatic nitrogens is 1. The minimum atomic E-state index is -0.0687. The third-order valence-electron chi connectivity index (χ3n) is 4.95. The highest BCUT2D eigenvalue weighted by molar-refractivity contribution is 6.31. The summed E-state index contributed by atoms with van der Waals surface area (Å²) in [5, 5.41) is 0.612. The lowest BCUT2D eigenvalue weighted by Crippen LogP contribution is -2.56. The Morgan fingerprint density at radius 1 is 1.23 bits per heavy atom. The molecule has 1 saturated heterocycles. The lowest BCUT2D eigenvalue weighted by molar-refractivity contribution is -0.139. The van der Waals surface area contributed by atoms with Crippen LogP contribution in [0, 0.1) is 6.92 Å². The maximum absolute atomic E-state index is 12.3. The van der Waals surface area contributed by atoms with Gasteiger partial charge in [0, 0.05) is 22.8 Å². The van der Waals surface area contributed by atoms with Crippen molar-refractivity contribution in [2.45, 2.75) is 38.3 Å². The molecule has 2 aromatic rings. The minimum Gasteiger partial charge on any atom is -0.486 e. The number of amides is 1. The Kier molecular flexibility index (Phi) is 4.49. The van der Waals surface area contributed by atoms with E-state index in [1.54, 1.807) is 17.0 Å². The normalized spacial score (nSPS) is 17.1. The number of benzene rings is 1. The fourth-order valence-corrected chi connectivity index (χ4v) is 3.58. The highest BCUT2D eigenvalue weighted by Crippen LogP contribution is 2.35. The summed E-state index contributed by atoms with van der Waals surface area (Å²) >= 11 is 6.11. The molecule has 0 atom stereocenters. The van der Waals surface area contributed by atoms with Gasteiger partial charge in [0.15, 0.2) is 0 Å². The van der Waals surface area contributed by atoms with Crippen molar-refractivity contribution in [3.8, 4) is 5.75 Å². The van der Waals surface area contributed by atoms with E-state index in [1.807, 2.05) is 35.8 Å². The average Bonchev–Trinajstić information content (AvgIpc) is 3.36. The summed E-state index contributed by atoms with van der Waals surface area (Å²) in [5.74, 6) is 0.630. The van der Waals surface area contributed by atoms with Gasteiger partial charge in [-0.15, -0.1) is 0 Å². The summed E-state index contributed by atoms with van der Waals surface area (Å²) in [4.78, 5) is 26.3. The van der Waals surface area contributed by atoms with Crippen LogP contribution in [-0.4, -0.2) is 34.6 Å². The Morgan fingerprint density at radius 3 is 2.62 bits per heavy atom. The first-order valence-corrected chi connectivity index (χ1v) is 9.30. The summed E-state index contributed by atoms with van der Waals surface area (Å²) in [6.45, 7) is 3.01. The van der Waals surface area contributed by atoms with Crippen molar-refractivity contribution in [2.24, 2.45) is 0 Å². The van der Waals surface area contributed by atoms with Crippen LogP contribution in [0.1, 0.15) is 30.1 Å². The van der Waals surface area contributed by atoms with E-state index in [2.05, 4.69) is 0 Å². The summed E-state index contributed by atoms with van der Waals surface area (Å²) < 4.78 is 7.73. The van der Waals surface area contributed by atoms with Crippen LogP contribution in [0.15, 0.2) is 41.2 Å². The Morgan fingerprint density at radius 2 is 1.96 bits per heavy atom. The van der Waals surface area contributed by atoms with Crippen LogP contribution in [0.5, 0.6) is 5.75 Å². The van der Waals surface area contributed by atoms with Crippen LogP contribution >= 0.6 is 11.6 Å². The molecule has 2 aliphatic rings. The number of nitrogens with zero attached hydrogens (tertiary/aromatic N) is 2. The van der Waals surface area contributed by atoms with Crippen LogP contribution in [0.4, 0.5) is 0 Å². The maximum atomic E-state index is 12.3. The van der Waals surface area contributed by atoms with Gasteiger partial charge in [0.25, 0.3) is 5.56 Å². The molecule has 1 aromatic heterocycles. The van der Waals surface area contributed by atoms with Crippen molar-refractivity contribution >= 4 is 17.5 Å². The Bertz CT molecular complexity index is 898. The number of pyridine rings is 1. The van der Waals surface area contributed by atoms with Gasteiger partial charge in [-0.05, 0) is 37.5 Å². The molecule has 26 heavy (non-hydrogen) atoms. The molecule has 6 heteroatoms. The van der Waals surface area contributed by atoms with Gasteiger partial charge in [0.2, 0.25) is 5.91 Å². The highest BCUT2D eigenvalue weighted by atomic mass is 35.5. The smallest absolute Gasteiger partial charge is 0.254 e. The number of carbonyl (C=O) groups is 1. The SMILES string of the molecule is Cc1cc(OC2CN(C(=O)Cc3ccccc3Cl)C2)cc(=O)n1C1CC1. The van der Waals surface area contributed by atoms with E-state index >= 15 is 0 Å². The van der Waals surface area contributed by atoms with Crippen molar-refractivity contribution < 1.29 is 9.53 Å². The van der Waals surface area contributed by atoms with Crippen LogP contribution in [0.3, 0.4) is 0 Å². The standard InChI is InChI=1S/C20H21ClN2O3/c1-13-8-16(10-20(25)23(13)15-6-7-15)26-17-11-22(12-17)19(24)9-14-4-2-3-5-18(14)21/h2-5,8,10,15,17H,6-7,9,11-12H2,1H3. The molecule has 1 aliphatic carbocycles. The number of halogens is 1. The molecule has 0 radical (unpaired) electrons. The fraction of sp³-hybridized carbons (Fsp3) is 0.400. The molecule has 136 valence electrons. The lowest BCUT2D eigenvalue weighted by Gasteiger charge is -2.39. The third-order valence-corrected chi connectivity index (χ3v) is 5.32. The monoisotopic (exact) mass is 372 g/mol. The molecule has 2 fully saturated rings. The third kappa shape index (κ3) is 3.49. The van der Waals surface area contributed by atoms with E-state index in [4.69, 9.17) is 16.3 Å². The highest BCUT2D eigenvalue weighted by Gasteiger charge is 2.33. The predicted molar refractivity (Wildman–Crippen MR) is 99.9 cm³/mol. The van der Waals surface area contributed by atoms with E-state index in [1.165, 1.54) is 0 Å². The van der Waals surface area contributed by atoms with Crippen molar-refractivity contribution in [1.82, 2.24) is 9.47 Å². The number of rotatable bonds is 5. The number of hydrogen-bond donors (Lipinski definition) is 0. The van der Waals surface area contributed by atoms with E-state index in [0.717, 1.165) is 24.1 Å². The van der Waals surface area contributed by atoms with Gasteiger partial charge in [-0.2, -0.15) is 0 Å². The van der Waals surface area contributed by atoms with Crippen molar-refractivity contribution in [3.63, 3.8) is 0 Å². The number of ether oxygens (including phenoxy) is 1. The number of hydrogen-bond acceptors (Lipinski definition) is 3. The van der Waals surface area contributed by atoms with Crippen LogP contribution in [0.25, 0.3) is 0 Å². The van der Waals surface area contributed by atoms with Crippen LogP contribution < -0.4 is 10.3 Å². The molecule has 2 heterocycles. The molecule has 0 unspecified atom stereocenters. The minimum absolute atomic E-state index is 0.00604. The predicted octanol–water partition coefficient (Wildman–Crippen LogP) is 2.98. The van der Waals surface area contributed by atoms with E-state index in [9.17, 15) is 9.59 Å². The zero-order valence-corrected chi connectivity index (χ0v) is 15.4. The average molecular weight is 373 g/mol. The van der Waals surface area contributed by atoms with E-state index in [0.29, 0.717) is 36.3 Å². The molecular formula is C20H21ClN2O3. The van der Waals surface area contributed by atoms with Crippen LogP contribution in [-0.2, 0) is 11.2 Å². The molecule has 1 saturated carbocycles. The van der Waals surface area contributed by atoms with Gasteiger partial charge in [0.05, 0.1) is 19.5 Å². The number of aryl methyl sites for hydroxylation is 1. The second kappa shape index (κ2) is 6.80. The molecule has 0 spiro atoms. The molecule has 5 nitrogen and oxygen atoms in total. The second-order valence-electron chi connectivity index (χ2n) is 7.08. The number of likely N-dealkylation sites (tertiary alicyclic amines) is 1. The topological polar surface area (TPSA) is 51.5 Å². The van der Waals surface area contributed by atoms with E-state index < -0.39 is 0 Å². The van der Waals surface area contributed by atoms with E-state index in [-0.39, 0.29) is 17.6 Å². The summed E-state index contributed by atoms with van der Waals surface area (Å²) in [6, 6.07) is 11.2. The fourth-order valence-electron chi connectivity index (χ4n) is 3.38. The van der Waals surface area contributed by atoms with Gasteiger partial charge in [-0.1, -0.05) is 29.8 Å². The summed E-state index contributed by atoms with van der Waals surface area (Å²) in [5.41, 5.74) is 1.76. The second-order valence-corrected chi connectivity index (χ2v) is 7.49. The van der Waals surface area contributed by atoms with Gasteiger partial charge in [0.1, 0.15) is 11.9 Å². The van der Waals surface area contributed by atoms with Crippen LogP contribution in [0.2, 0.25) is 5.02 Å². The summed E-state index contributed by atoms with van der Waals surface area (Å²) in [7, 11) is 0. The van der Waals surface area contributed by atoms with Gasteiger partial charge < -0.3 is 14.2 Å².